The van der Waals surface area contributed by atoms with Gasteiger partial charge in [-0.2, -0.15) is 0 Å². The lowest BCUT2D eigenvalue weighted by atomic mass is 10.0. The van der Waals surface area contributed by atoms with Gasteiger partial charge in [-0.1, -0.05) is 26.0 Å². The van der Waals surface area contributed by atoms with Crippen molar-refractivity contribution >= 4 is 23.1 Å². The van der Waals surface area contributed by atoms with Crippen LogP contribution in [0.2, 0.25) is 0 Å². The van der Waals surface area contributed by atoms with Gasteiger partial charge in [-0.25, -0.2) is 0 Å². The number of benzene rings is 2. The maximum absolute atomic E-state index is 12.8. The van der Waals surface area contributed by atoms with Gasteiger partial charge in [-0.05, 0) is 35.7 Å². The molecule has 0 aliphatic carbocycles. The van der Waals surface area contributed by atoms with Crippen molar-refractivity contribution in [2.75, 3.05) is 33.2 Å². The average Bonchev–Trinajstić information content (AvgIpc) is 2.96. The van der Waals surface area contributed by atoms with Crippen LogP contribution in [0.4, 0.5) is 5.69 Å². The minimum atomic E-state index is -0.417. The molecular weight excluding hydrogens is 384 g/mol. The zero-order chi connectivity index (χ0) is 21.8. The quantitative estimate of drug-likeness (QED) is 0.671. The van der Waals surface area contributed by atoms with Crippen molar-refractivity contribution in [2.24, 2.45) is 5.92 Å². The summed E-state index contributed by atoms with van der Waals surface area (Å²) < 4.78 is 16.4. The van der Waals surface area contributed by atoms with Gasteiger partial charge in [0.05, 0.1) is 32.1 Å². The molecule has 0 bridgehead atoms. The Morgan fingerprint density at radius 1 is 0.933 bits per heavy atom. The van der Waals surface area contributed by atoms with E-state index < -0.39 is 5.91 Å². The summed E-state index contributed by atoms with van der Waals surface area (Å²) >= 11 is 0. The van der Waals surface area contributed by atoms with Crippen LogP contribution in [-0.4, -0.2) is 44.6 Å². The third kappa shape index (κ3) is 4.25. The van der Waals surface area contributed by atoms with Gasteiger partial charge in [-0.15, -0.1) is 0 Å². The molecule has 0 fully saturated rings. The van der Waals surface area contributed by atoms with E-state index in [1.165, 1.54) is 14.2 Å². The Hall–Kier alpha value is -3.48. The SMILES string of the molecule is COc1ccc(OC)c(NC2=C(c3ccc(OCC(C)C)cc3)C(=O)N(C)C2=O)c1. The van der Waals surface area contributed by atoms with Crippen LogP contribution in [0.5, 0.6) is 17.2 Å². The number of carbonyl (C=O) groups is 2. The average molecular weight is 410 g/mol. The molecule has 7 heteroatoms. The minimum absolute atomic E-state index is 0.185. The molecule has 2 aromatic carbocycles. The van der Waals surface area contributed by atoms with Crippen molar-refractivity contribution in [2.45, 2.75) is 13.8 Å². The Morgan fingerprint density at radius 3 is 2.20 bits per heavy atom. The highest BCUT2D eigenvalue weighted by Crippen LogP contribution is 2.35. The molecule has 0 spiro atoms. The van der Waals surface area contributed by atoms with E-state index in [4.69, 9.17) is 14.2 Å². The van der Waals surface area contributed by atoms with Crippen molar-refractivity contribution in [3.8, 4) is 17.2 Å². The Bertz CT molecular complexity index is 980. The normalized spacial score (nSPS) is 13.9. The number of ether oxygens (including phenoxy) is 3. The first-order valence-electron chi connectivity index (χ1n) is 9.64. The van der Waals surface area contributed by atoms with Crippen LogP contribution in [0.15, 0.2) is 48.2 Å². The predicted octanol–water partition coefficient (Wildman–Crippen LogP) is 3.56. The number of amides is 2. The Labute approximate surface area is 176 Å². The fourth-order valence-electron chi connectivity index (χ4n) is 3.05. The first-order valence-corrected chi connectivity index (χ1v) is 9.64. The number of hydrogen-bond donors (Lipinski definition) is 1. The summed E-state index contributed by atoms with van der Waals surface area (Å²) in [5.41, 5.74) is 1.63. The van der Waals surface area contributed by atoms with Crippen LogP contribution in [-0.2, 0) is 9.59 Å². The molecule has 0 atom stereocenters. The molecule has 1 N–H and O–H groups in total. The minimum Gasteiger partial charge on any atom is -0.497 e. The zero-order valence-corrected chi connectivity index (χ0v) is 17.8. The number of likely N-dealkylation sites (N-methyl/N-ethyl adjacent to an activating group) is 1. The summed E-state index contributed by atoms with van der Waals surface area (Å²) in [7, 11) is 4.55. The van der Waals surface area contributed by atoms with E-state index in [1.54, 1.807) is 49.6 Å². The van der Waals surface area contributed by atoms with E-state index in [1.807, 2.05) is 0 Å². The largest absolute Gasteiger partial charge is 0.497 e. The van der Waals surface area contributed by atoms with Gasteiger partial charge in [0.2, 0.25) is 0 Å². The molecule has 0 saturated heterocycles. The van der Waals surface area contributed by atoms with E-state index in [-0.39, 0.29) is 11.6 Å². The fraction of sp³-hybridized carbons (Fsp3) is 0.304. The number of methoxy groups -OCH3 is 2. The van der Waals surface area contributed by atoms with E-state index in [2.05, 4.69) is 19.2 Å². The lowest BCUT2D eigenvalue weighted by Gasteiger charge is -2.14. The Balaban J connectivity index is 1.99. The molecule has 1 aliphatic rings. The molecule has 0 radical (unpaired) electrons. The molecule has 158 valence electrons. The molecule has 1 aliphatic heterocycles. The topological polar surface area (TPSA) is 77.1 Å². The second kappa shape index (κ2) is 8.90. The highest BCUT2D eigenvalue weighted by molar-refractivity contribution is 6.36. The van der Waals surface area contributed by atoms with Crippen molar-refractivity contribution in [1.82, 2.24) is 4.90 Å². The molecule has 0 unspecified atom stereocenters. The predicted molar refractivity (Wildman–Crippen MR) is 115 cm³/mol. The third-order valence-electron chi connectivity index (χ3n) is 4.68. The van der Waals surface area contributed by atoms with Gasteiger partial charge in [0.1, 0.15) is 22.9 Å². The standard InChI is InChI=1S/C23H26N2O5/c1-14(2)13-30-16-8-6-15(7-9-16)20-21(23(27)25(3)22(20)26)24-18-12-17(28-4)10-11-19(18)29-5/h6-12,14,24H,13H2,1-5H3. The number of nitrogens with one attached hydrogen (secondary N) is 1. The number of nitrogens with zero attached hydrogens (tertiary/aromatic N) is 1. The van der Waals surface area contributed by atoms with Crippen LogP contribution in [0, 0.1) is 5.92 Å². The van der Waals surface area contributed by atoms with Crippen LogP contribution in [0.1, 0.15) is 19.4 Å². The lowest BCUT2D eigenvalue weighted by molar-refractivity contribution is -0.135. The van der Waals surface area contributed by atoms with Gasteiger partial charge in [0, 0.05) is 13.1 Å². The summed E-state index contributed by atoms with van der Waals surface area (Å²) in [6.07, 6.45) is 0. The molecule has 7 nitrogen and oxygen atoms in total. The molecule has 2 amide bonds. The van der Waals surface area contributed by atoms with Gasteiger partial charge in [-0.3, -0.25) is 14.5 Å². The number of hydrogen-bond acceptors (Lipinski definition) is 6. The number of carbonyl (C=O) groups excluding carboxylic acids is 2. The maximum Gasteiger partial charge on any atom is 0.277 e. The number of imide groups is 1. The first kappa shape index (κ1) is 21.2. The van der Waals surface area contributed by atoms with Crippen molar-refractivity contribution < 1.29 is 23.8 Å². The summed E-state index contributed by atoms with van der Waals surface area (Å²) in [6.45, 7) is 4.75. The molecule has 1 heterocycles. The molecule has 0 aromatic heterocycles. The van der Waals surface area contributed by atoms with Crippen molar-refractivity contribution in [1.29, 1.82) is 0 Å². The van der Waals surface area contributed by atoms with E-state index in [0.29, 0.717) is 46.6 Å². The molecule has 2 aromatic rings. The second-order valence-corrected chi connectivity index (χ2v) is 7.34. The van der Waals surface area contributed by atoms with Gasteiger partial charge in [0.25, 0.3) is 11.8 Å². The summed E-state index contributed by atoms with van der Waals surface area (Å²) in [5.74, 6) is 1.44. The second-order valence-electron chi connectivity index (χ2n) is 7.34. The monoisotopic (exact) mass is 410 g/mol. The number of rotatable bonds is 8. The highest BCUT2D eigenvalue weighted by Gasteiger charge is 2.37. The van der Waals surface area contributed by atoms with Crippen LogP contribution < -0.4 is 19.5 Å². The van der Waals surface area contributed by atoms with Crippen molar-refractivity contribution in [3.05, 3.63) is 53.7 Å². The Morgan fingerprint density at radius 2 is 1.60 bits per heavy atom. The van der Waals surface area contributed by atoms with Crippen molar-refractivity contribution in [3.63, 3.8) is 0 Å². The first-order chi connectivity index (χ1) is 14.3. The van der Waals surface area contributed by atoms with Crippen LogP contribution in [0.3, 0.4) is 0 Å². The number of anilines is 1. The fourth-order valence-corrected chi connectivity index (χ4v) is 3.05. The van der Waals surface area contributed by atoms with E-state index in [9.17, 15) is 9.59 Å². The highest BCUT2D eigenvalue weighted by atomic mass is 16.5. The Kier molecular flexibility index (Phi) is 6.30. The van der Waals surface area contributed by atoms with Gasteiger partial charge < -0.3 is 19.5 Å². The van der Waals surface area contributed by atoms with Gasteiger partial charge >= 0.3 is 0 Å². The van der Waals surface area contributed by atoms with E-state index in [0.717, 1.165) is 4.90 Å². The summed E-state index contributed by atoms with van der Waals surface area (Å²) in [4.78, 5) is 26.7. The lowest BCUT2D eigenvalue weighted by Crippen LogP contribution is -2.28. The van der Waals surface area contributed by atoms with E-state index >= 15 is 0 Å². The summed E-state index contributed by atoms with van der Waals surface area (Å²) in [5, 5.41) is 3.08. The molecule has 30 heavy (non-hydrogen) atoms. The smallest absolute Gasteiger partial charge is 0.277 e. The molecular formula is C23H26N2O5. The summed E-state index contributed by atoms with van der Waals surface area (Å²) in [6, 6.07) is 12.3. The van der Waals surface area contributed by atoms with Crippen LogP contribution in [0.25, 0.3) is 5.57 Å². The molecule has 0 saturated carbocycles. The van der Waals surface area contributed by atoms with Crippen LogP contribution >= 0.6 is 0 Å². The molecule has 3 rings (SSSR count). The zero-order valence-electron chi connectivity index (χ0n) is 17.8. The van der Waals surface area contributed by atoms with Gasteiger partial charge in [0.15, 0.2) is 0 Å². The maximum atomic E-state index is 12.8. The third-order valence-corrected chi connectivity index (χ3v) is 4.68.